The van der Waals surface area contributed by atoms with Crippen LogP contribution in [0.2, 0.25) is 0 Å². The Morgan fingerprint density at radius 1 is 1.17 bits per heavy atom. The normalized spacial score (nSPS) is 14.1. The summed E-state index contributed by atoms with van der Waals surface area (Å²) in [6, 6.07) is 13.2. The molecule has 0 bridgehead atoms. The van der Waals surface area contributed by atoms with E-state index in [1.807, 2.05) is 47.5 Å². The lowest BCUT2D eigenvalue weighted by Crippen LogP contribution is -2.18. The smallest absolute Gasteiger partial charge is 0.226 e. The van der Waals surface area contributed by atoms with Crippen molar-refractivity contribution in [2.45, 2.75) is 6.42 Å². The van der Waals surface area contributed by atoms with E-state index in [4.69, 9.17) is 9.47 Å². The third-order valence-corrected chi connectivity index (χ3v) is 3.78. The summed E-state index contributed by atoms with van der Waals surface area (Å²) in [6.45, 7) is 0.512. The van der Waals surface area contributed by atoms with Crippen molar-refractivity contribution < 1.29 is 14.3 Å². The lowest BCUT2D eigenvalue weighted by atomic mass is 10.2. The molecule has 0 aromatic heterocycles. The Hall–Kier alpha value is -3.02. The van der Waals surface area contributed by atoms with Gasteiger partial charge in [0.2, 0.25) is 5.91 Å². The third kappa shape index (κ3) is 3.32. The Balaban J connectivity index is 1.90. The average Bonchev–Trinajstić information content (AvgIpc) is 2.78. The molecule has 0 fully saturated rings. The number of nitrogens with zero attached hydrogens (tertiary/aromatic N) is 2. The van der Waals surface area contributed by atoms with Gasteiger partial charge in [-0.3, -0.25) is 9.80 Å². The van der Waals surface area contributed by atoms with Crippen LogP contribution < -0.4 is 19.8 Å². The number of ether oxygens (including phenoxy) is 2. The van der Waals surface area contributed by atoms with Crippen molar-refractivity contribution in [2.24, 2.45) is 5.10 Å². The molecule has 6 nitrogen and oxygen atoms in total. The number of hydrazone groups is 1. The molecule has 0 unspecified atom stereocenters. The van der Waals surface area contributed by atoms with Gasteiger partial charge < -0.3 is 14.8 Å². The number of hydrogen-bond acceptors (Lipinski definition) is 5. The van der Waals surface area contributed by atoms with E-state index < -0.39 is 0 Å². The number of benzene rings is 2. The zero-order chi connectivity index (χ0) is 16.9. The summed E-state index contributed by atoms with van der Waals surface area (Å²) in [4.78, 5) is 11.8. The van der Waals surface area contributed by atoms with Gasteiger partial charge in [0.05, 0.1) is 38.4 Å². The maximum Gasteiger partial charge on any atom is 0.226 e. The number of anilines is 2. The maximum absolute atomic E-state index is 11.8. The Labute approximate surface area is 140 Å². The molecule has 0 atom stereocenters. The first kappa shape index (κ1) is 15.9. The molecule has 2 aromatic carbocycles. The molecule has 0 radical (unpaired) electrons. The molecule has 1 amide bonds. The molecule has 0 aliphatic carbocycles. The molecular formula is C18H19N3O3. The number of para-hydroxylation sites is 2. The van der Waals surface area contributed by atoms with Crippen molar-refractivity contribution >= 4 is 23.5 Å². The highest BCUT2D eigenvalue weighted by molar-refractivity contribution is 5.96. The van der Waals surface area contributed by atoms with Gasteiger partial charge in [0.1, 0.15) is 11.5 Å². The molecule has 1 N–H and O–H groups in total. The van der Waals surface area contributed by atoms with E-state index in [0.29, 0.717) is 18.7 Å². The van der Waals surface area contributed by atoms with Gasteiger partial charge in [-0.15, -0.1) is 0 Å². The molecule has 0 saturated heterocycles. The van der Waals surface area contributed by atoms with Gasteiger partial charge in [-0.1, -0.05) is 12.1 Å². The van der Waals surface area contributed by atoms with Crippen LogP contribution >= 0.6 is 0 Å². The molecule has 1 aliphatic heterocycles. The van der Waals surface area contributed by atoms with E-state index >= 15 is 0 Å². The largest absolute Gasteiger partial charge is 0.497 e. The average molecular weight is 325 g/mol. The number of methoxy groups -OCH3 is 2. The van der Waals surface area contributed by atoms with Crippen LogP contribution in [0.4, 0.5) is 11.4 Å². The van der Waals surface area contributed by atoms with E-state index in [2.05, 4.69) is 10.4 Å². The summed E-state index contributed by atoms with van der Waals surface area (Å²) >= 11 is 0. The molecule has 6 heteroatoms. The van der Waals surface area contributed by atoms with Gasteiger partial charge in [-0.2, -0.15) is 5.10 Å². The number of amides is 1. The minimum Gasteiger partial charge on any atom is -0.497 e. The molecule has 0 saturated carbocycles. The first-order valence-corrected chi connectivity index (χ1v) is 7.63. The minimum atomic E-state index is -0.0119. The molecule has 124 valence electrons. The summed E-state index contributed by atoms with van der Waals surface area (Å²) in [5.74, 6) is 1.39. The Kier molecular flexibility index (Phi) is 4.65. The predicted octanol–water partition coefficient (Wildman–Crippen LogP) is 2.89. The fourth-order valence-corrected chi connectivity index (χ4v) is 2.52. The quantitative estimate of drug-likeness (QED) is 0.878. The van der Waals surface area contributed by atoms with E-state index in [1.165, 1.54) is 0 Å². The van der Waals surface area contributed by atoms with E-state index in [0.717, 1.165) is 22.7 Å². The van der Waals surface area contributed by atoms with Gasteiger partial charge in [0, 0.05) is 18.1 Å². The van der Waals surface area contributed by atoms with Crippen LogP contribution in [0.5, 0.6) is 11.5 Å². The molecule has 1 aliphatic rings. The van der Waals surface area contributed by atoms with Crippen molar-refractivity contribution in [3.8, 4) is 11.5 Å². The third-order valence-electron chi connectivity index (χ3n) is 3.78. The number of carbonyl (C=O) groups excluding carboxylic acids is 1. The van der Waals surface area contributed by atoms with Gasteiger partial charge in [-0.25, -0.2) is 0 Å². The summed E-state index contributed by atoms with van der Waals surface area (Å²) in [6.07, 6.45) is 2.11. The molecule has 24 heavy (non-hydrogen) atoms. The number of nitrogens with one attached hydrogen (secondary N) is 1. The van der Waals surface area contributed by atoms with E-state index in [9.17, 15) is 4.79 Å². The number of hydrogen-bond donors (Lipinski definition) is 1. The first-order chi connectivity index (χ1) is 11.7. The van der Waals surface area contributed by atoms with Crippen molar-refractivity contribution in [1.29, 1.82) is 0 Å². The summed E-state index contributed by atoms with van der Waals surface area (Å²) in [7, 11) is 3.22. The Morgan fingerprint density at radius 2 is 2.00 bits per heavy atom. The van der Waals surface area contributed by atoms with Gasteiger partial charge in [0.25, 0.3) is 0 Å². The van der Waals surface area contributed by atoms with Gasteiger partial charge in [0.15, 0.2) is 0 Å². The maximum atomic E-state index is 11.8. The lowest BCUT2D eigenvalue weighted by Gasteiger charge is -2.18. The van der Waals surface area contributed by atoms with E-state index in [-0.39, 0.29) is 5.91 Å². The van der Waals surface area contributed by atoms with E-state index in [1.54, 1.807) is 20.4 Å². The molecular weight excluding hydrogens is 306 g/mol. The molecule has 1 heterocycles. The standard InChI is InChI=1S/C18H19N3O3/c1-23-14-8-7-13(17(11-14)24-2)12-19-21-10-9-18(22)20-15-5-3-4-6-16(15)21/h3-8,11-12H,9-10H2,1-2H3,(H,20,22). The Morgan fingerprint density at radius 3 is 2.79 bits per heavy atom. The topological polar surface area (TPSA) is 63.2 Å². The number of carbonyl (C=O) groups is 1. The van der Waals surface area contributed by atoms with Gasteiger partial charge >= 0.3 is 0 Å². The monoisotopic (exact) mass is 325 g/mol. The van der Waals surface area contributed by atoms with Crippen LogP contribution in [-0.2, 0) is 4.79 Å². The predicted molar refractivity (Wildman–Crippen MR) is 94.2 cm³/mol. The molecule has 3 rings (SSSR count). The zero-order valence-corrected chi connectivity index (χ0v) is 13.7. The van der Waals surface area contributed by atoms with Crippen LogP contribution in [0.1, 0.15) is 12.0 Å². The second kappa shape index (κ2) is 7.04. The van der Waals surface area contributed by atoms with Crippen LogP contribution in [0.15, 0.2) is 47.6 Å². The van der Waals surface area contributed by atoms with Crippen LogP contribution in [0, 0.1) is 0 Å². The summed E-state index contributed by atoms with van der Waals surface area (Å²) < 4.78 is 10.6. The molecule has 2 aromatic rings. The van der Waals surface area contributed by atoms with Crippen LogP contribution in [-0.4, -0.2) is 32.9 Å². The molecule has 0 spiro atoms. The fourth-order valence-electron chi connectivity index (χ4n) is 2.52. The minimum absolute atomic E-state index is 0.0119. The highest BCUT2D eigenvalue weighted by atomic mass is 16.5. The second-order valence-electron chi connectivity index (χ2n) is 5.29. The number of fused-ring (bicyclic) bond motifs is 1. The van der Waals surface area contributed by atoms with Gasteiger partial charge in [-0.05, 0) is 24.3 Å². The highest BCUT2D eigenvalue weighted by Gasteiger charge is 2.18. The highest BCUT2D eigenvalue weighted by Crippen LogP contribution is 2.29. The van der Waals surface area contributed by atoms with Crippen molar-refractivity contribution in [3.63, 3.8) is 0 Å². The Bertz CT molecular complexity index is 774. The van der Waals surface area contributed by atoms with Crippen molar-refractivity contribution in [3.05, 3.63) is 48.0 Å². The second-order valence-corrected chi connectivity index (χ2v) is 5.29. The van der Waals surface area contributed by atoms with Crippen molar-refractivity contribution in [2.75, 3.05) is 31.1 Å². The van der Waals surface area contributed by atoms with Crippen LogP contribution in [0.25, 0.3) is 0 Å². The first-order valence-electron chi connectivity index (χ1n) is 7.63. The lowest BCUT2D eigenvalue weighted by molar-refractivity contribution is -0.115. The van der Waals surface area contributed by atoms with Crippen molar-refractivity contribution in [1.82, 2.24) is 0 Å². The zero-order valence-electron chi connectivity index (χ0n) is 13.7. The van der Waals surface area contributed by atoms with Crippen LogP contribution in [0.3, 0.4) is 0 Å². The summed E-state index contributed by atoms with van der Waals surface area (Å²) in [5.41, 5.74) is 2.46. The fraction of sp³-hybridized carbons (Fsp3) is 0.222. The number of rotatable bonds is 4. The SMILES string of the molecule is COc1ccc(C=NN2CCC(=O)Nc3ccccc32)c(OC)c1. The summed E-state index contributed by atoms with van der Waals surface area (Å²) in [5, 5.41) is 9.26.